The van der Waals surface area contributed by atoms with Crippen molar-refractivity contribution in [2.45, 2.75) is 32.7 Å². The van der Waals surface area contributed by atoms with Gasteiger partial charge in [0.1, 0.15) is 28.5 Å². The lowest BCUT2D eigenvalue weighted by Crippen LogP contribution is -2.35. The molecule has 1 heterocycles. The number of ether oxygens (including phenoxy) is 2. The fraction of sp³-hybridized carbons (Fsp3) is 0.292. The number of aromatic hydroxyl groups is 1. The summed E-state index contributed by atoms with van der Waals surface area (Å²) in [6.07, 6.45) is 0.0419. The highest BCUT2D eigenvalue weighted by Crippen LogP contribution is 2.29. The number of hydrogen-bond acceptors (Lipinski definition) is 8. The number of carbonyl (C=O) groups is 1. The SMILES string of the molecule is COc1ccc(NC(=O)/C(Cc2cc(=O)oc3cc(O)ccc23)=N\NC(C)(C)C)c(OC)c1. The van der Waals surface area contributed by atoms with Crippen molar-refractivity contribution >= 4 is 28.3 Å². The summed E-state index contributed by atoms with van der Waals surface area (Å²) in [7, 11) is 3.03. The number of rotatable bonds is 7. The van der Waals surface area contributed by atoms with E-state index in [0.717, 1.165) is 0 Å². The Morgan fingerprint density at radius 3 is 2.52 bits per heavy atom. The summed E-state index contributed by atoms with van der Waals surface area (Å²) in [5, 5.41) is 17.5. The first kappa shape index (κ1) is 23.6. The van der Waals surface area contributed by atoms with E-state index in [4.69, 9.17) is 13.9 Å². The van der Waals surface area contributed by atoms with Crippen molar-refractivity contribution in [1.29, 1.82) is 0 Å². The van der Waals surface area contributed by atoms with Crippen LogP contribution in [0.2, 0.25) is 0 Å². The molecule has 0 fully saturated rings. The van der Waals surface area contributed by atoms with E-state index in [2.05, 4.69) is 15.8 Å². The lowest BCUT2D eigenvalue weighted by Gasteiger charge is -2.19. The molecule has 0 saturated heterocycles. The second-order valence-corrected chi connectivity index (χ2v) is 8.39. The molecule has 3 N–H and O–H groups in total. The zero-order valence-corrected chi connectivity index (χ0v) is 19.2. The van der Waals surface area contributed by atoms with Gasteiger partial charge < -0.3 is 29.7 Å². The lowest BCUT2D eigenvalue weighted by molar-refractivity contribution is -0.110. The van der Waals surface area contributed by atoms with Crippen LogP contribution in [-0.4, -0.2) is 36.5 Å². The van der Waals surface area contributed by atoms with Gasteiger partial charge in [-0.15, -0.1) is 0 Å². The Bertz CT molecular complexity index is 1260. The molecule has 0 aliphatic heterocycles. The van der Waals surface area contributed by atoms with Crippen molar-refractivity contribution < 1.29 is 23.8 Å². The number of nitrogens with one attached hydrogen (secondary N) is 2. The van der Waals surface area contributed by atoms with Gasteiger partial charge in [-0.3, -0.25) is 4.79 Å². The maximum atomic E-state index is 13.2. The molecule has 0 unspecified atom stereocenters. The average molecular weight is 453 g/mol. The highest BCUT2D eigenvalue weighted by Gasteiger charge is 2.19. The van der Waals surface area contributed by atoms with Gasteiger partial charge in [0.25, 0.3) is 5.91 Å². The van der Waals surface area contributed by atoms with E-state index in [0.29, 0.717) is 28.1 Å². The first-order valence-electron chi connectivity index (χ1n) is 10.2. The standard InChI is InChI=1S/C24H27N3O6/c1-24(2,3)27-26-19(23(30)25-18-9-7-16(31-4)13-21(18)32-5)10-14-11-22(29)33-20-12-15(28)6-8-17(14)20/h6-9,11-13,27-28H,10H2,1-5H3,(H,25,30)/b26-19-. The summed E-state index contributed by atoms with van der Waals surface area (Å²) in [4.78, 5) is 25.3. The molecule has 1 amide bonds. The molecular formula is C24H27N3O6. The van der Waals surface area contributed by atoms with Crippen molar-refractivity contribution in [3.63, 3.8) is 0 Å². The molecule has 0 aliphatic rings. The van der Waals surface area contributed by atoms with Gasteiger partial charge in [-0.05, 0) is 50.6 Å². The zero-order valence-electron chi connectivity index (χ0n) is 19.2. The van der Waals surface area contributed by atoms with Crippen LogP contribution in [0, 0.1) is 0 Å². The molecular weight excluding hydrogens is 426 g/mol. The van der Waals surface area contributed by atoms with Crippen molar-refractivity contribution in [1.82, 2.24) is 5.43 Å². The number of phenols is 1. The molecule has 33 heavy (non-hydrogen) atoms. The number of hydrogen-bond donors (Lipinski definition) is 3. The van der Waals surface area contributed by atoms with Gasteiger partial charge in [0.2, 0.25) is 0 Å². The molecule has 0 atom stereocenters. The number of amides is 1. The van der Waals surface area contributed by atoms with E-state index >= 15 is 0 Å². The summed E-state index contributed by atoms with van der Waals surface area (Å²) >= 11 is 0. The molecule has 0 bridgehead atoms. The largest absolute Gasteiger partial charge is 0.508 e. The van der Waals surface area contributed by atoms with Crippen LogP contribution in [0.25, 0.3) is 11.0 Å². The highest BCUT2D eigenvalue weighted by atomic mass is 16.5. The summed E-state index contributed by atoms with van der Waals surface area (Å²) in [6.45, 7) is 5.73. The minimum absolute atomic E-state index is 0.0320. The Kier molecular flexibility index (Phi) is 6.91. The third kappa shape index (κ3) is 6.03. The smallest absolute Gasteiger partial charge is 0.336 e. The van der Waals surface area contributed by atoms with Gasteiger partial charge in [-0.1, -0.05) is 0 Å². The molecule has 0 spiro atoms. The van der Waals surface area contributed by atoms with E-state index in [-0.39, 0.29) is 23.5 Å². The summed E-state index contributed by atoms with van der Waals surface area (Å²) in [5.74, 6) is 0.497. The Balaban J connectivity index is 1.99. The van der Waals surface area contributed by atoms with Crippen LogP contribution in [0.5, 0.6) is 17.2 Å². The Hall–Kier alpha value is -4.01. The minimum Gasteiger partial charge on any atom is -0.508 e. The maximum absolute atomic E-state index is 13.2. The van der Waals surface area contributed by atoms with Crippen LogP contribution in [0.15, 0.2) is 56.8 Å². The zero-order chi connectivity index (χ0) is 24.2. The molecule has 0 radical (unpaired) electrons. The second kappa shape index (κ2) is 9.64. The Morgan fingerprint density at radius 1 is 1.09 bits per heavy atom. The predicted octanol–water partition coefficient (Wildman–Crippen LogP) is 3.44. The van der Waals surface area contributed by atoms with Gasteiger partial charge in [0.15, 0.2) is 0 Å². The van der Waals surface area contributed by atoms with Gasteiger partial charge in [-0.25, -0.2) is 4.79 Å². The molecule has 3 rings (SSSR count). The second-order valence-electron chi connectivity index (χ2n) is 8.39. The molecule has 1 aromatic heterocycles. The molecule has 9 nitrogen and oxygen atoms in total. The Labute approximate surface area is 191 Å². The third-order valence-electron chi connectivity index (χ3n) is 4.62. The maximum Gasteiger partial charge on any atom is 0.336 e. The van der Waals surface area contributed by atoms with Crippen molar-refractivity contribution in [2.75, 3.05) is 19.5 Å². The predicted molar refractivity (Wildman–Crippen MR) is 126 cm³/mol. The molecule has 0 saturated carbocycles. The van der Waals surface area contributed by atoms with Crippen LogP contribution in [-0.2, 0) is 11.2 Å². The number of anilines is 1. The van der Waals surface area contributed by atoms with Gasteiger partial charge in [-0.2, -0.15) is 5.10 Å². The summed E-state index contributed by atoms with van der Waals surface area (Å²) in [6, 6.07) is 10.8. The van der Waals surface area contributed by atoms with E-state index < -0.39 is 17.1 Å². The average Bonchev–Trinajstić information content (AvgIpc) is 2.75. The van der Waals surface area contributed by atoms with E-state index in [1.54, 1.807) is 24.3 Å². The van der Waals surface area contributed by atoms with E-state index in [1.165, 1.54) is 32.4 Å². The van der Waals surface area contributed by atoms with Crippen LogP contribution in [0.1, 0.15) is 26.3 Å². The van der Waals surface area contributed by atoms with E-state index in [9.17, 15) is 14.7 Å². The number of methoxy groups -OCH3 is 2. The number of carbonyl (C=O) groups excluding carboxylic acids is 1. The summed E-state index contributed by atoms with van der Waals surface area (Å²) in [5.41, 5.74) is 3.31. The lowest BCUT2D eigenvalue weighted by atomic mass is 10.0. The fourth-order valence-electron chi connectivity index (χ4n) is 3.05. The molecule has 3 aromatic rings. The van der Waals surface area contributed by atoms with Gasteiger partial charge in [0.05, 0.1) is 19.9 Å². The topological polar surface area (TPSA) is 122 Å². The number of fused-ring (bicyclic) bond motifs is 1. The van der Waals surface area contributed by atoms with Crippen LogP contribution >= 0.6 is 0 Å². The van der Waals surface area contributed by atoms with Crippen LogP contribution < -0.4 is 25.8 Å². The number of phenolic OH excluding ortho intramolecular Hbond substituents is 1. The van der Waals surface area contributed by atoms with Gasteiger partial charge in [0, 0.05) is 35.5 Å². The van der Waals surface area contributed by atoms with Crippen LogP contribution in [0.4, 0.5) is 5.69 Å². The quantitative estimate of drug-likeness (QED) is 0.284. The number of hydrazone groups is 1. The molecule has 9 heteroatoms. The molecule has 2 aromatic carbocycles. The monoisotopic (exact) mass is 453 g/mol. The van der Waals surface area contributed by atoms with Gasteiger partial charge >= 0.3 is 5.63 Å². The van der Waals surface area contributed by atoms with Crippen molar-refractivity contribution in [2.24, 2.45) is 5.10 Å². The molecule has 0 aliphatic carbocycles. The highest BCUT2D eigenvalue weighted by molar-refractivity contribution is 6.43. The normalized spacial score (nSPS) is 11.8. The third-order valence-corrected chi connectivity index (χ3v) is 4.62. The fourth-order valence-corrected chi connectivity index (χ4v) is 3.05. The Morgan fingerprint density at radius 2 is 1.85 bits per heavy atom. The minimum atomic E-state index is -0.594. The van der Waals surface area contributed by atoms with E-state index in [1.807, 2.05) is 20.8 Å². The number of nitrogens with zero attached hydrogens (tertiary/aromatic N) is 1. The van der Waals surface area contributed by atoms with Crippen molar-refractivity contribution in [3.8, 4) is 17.2 Å². The summed E-state index contributed by atoms with van der Waals surface area (Å²) < 4.78 is 15.7. The van der Waals surface area contributed by atoms with Crippen molar-refractivity contribution in [3.05, 3.63) is 58.4 Å². The molecule has 174 valence electrons. The van der Waals surface area contributed by atoms with Crippen LogP contribution in [0.3, 0.4) is 0 Å². The first-order valence-corrected chi connectivity index (χ1v) is 10.2. The number of benzene rings is 2. The first-order chi connectivity index (χ1) is 15.6.